The maximum absolute atomic E-state index is 12.4. The molecule has 0 fully saturated rings. The number of nitrogens with one attached hydrogen (secondary N) is 1. The van der Waals surface area contributed by atoms with Gasteiger partial charge < -0.3 is 14.8 Å². The Morgan fingerprint density at radius 1 is 1.19 bits per heavy atom. The van der Waals surface area contributed by atoms with Crippen molar-refractivity contribution in [2.24, 2.45) is 0 Å². The lowest BCUT2D eigenvalue weighted by Crippen LogP contribution is -2.32. The molecule has 8 nitrogen and oxygen atoms in total. The van der Waals surface area contributed by atoms with Gasteiger partial charge in [0, 0.05) is 42.1 Å². The first-order valence-electron chi connectivity index (χ1n) is 8.31. The summed E-state index contributed by atoms with van der Waals surface area (Å²) in [6.07, 6.45) is 0. The summed E-state index contributed by atoms with van der Waals surface area (Å²) in [5.74, 6) is 0.927. The van der Waals surface area contributed by atoms with E-state index in [-0.39, 0.29) is 24.2 Å². The highest BCUT2D eigenvalue weighted by Gasteiger charge is 2.17. The number of carbonyl (C=O) groups is 1. The van der Waals surface area contributed by atoms with Crippen molar-refractivity contribution < 1.29 is 19.2 Å². The van der Waals surface area contributed by atoms with E-state index in [4.69, 9.17) is 9.47 Å². The first-order valence-corrected chi connectivity index (χ1v) is 8.31. The third-order valence-electron chi connectivity index (χ3n) is 4.25. The summed E-state index contributed by atoms with van der Waals surface area (Å²) in [4.78, 5) is 24.7. The van der Waals surface area contributed by atoms with Gasteiger partial charge in [0.05, 0.1) is 25.7 Å². The van der Waals surface area contributed by atoms with Gasteiger partial charge in [0.15, 0.2) is 0 Å². The molecule has 0 heterocycles. The summed E-state index contributed by atoms with van der Waals surface area (Å²) in [5.41, 5.74) is 1.36. The SMILES string of the molecule is COc1cc(NC(=O)CN(C)C(C)c2cccc([N+](=O)[O-])c2)cc(OC)c1. The van der Waals surface area contributed by atoms with Crippen LogP contribution in [0.5, 0.6) is 11.5 Å². The third-order valence-corrected chi connectivity index (χ3v) is 4.25. The third kappa shape index (κ3) is 5.42. The number of nitro groups is 1. The van der Waals surface area contributed by atoms with Gasteiger partial charge in [-0.25, -0.2) is 0 Å². The number of benzene rings is 2. The Kier molecular flexibility index (Phi) is 6.73. The Balaban J connectivity index is 2.05. The standard InChI is InChI=1S/C19H23N3O5/c1-13(14-6-5-7-16(8-14)22(24)25)21(2)12-19(23)20-15-9-17(26-3)11-18(10-15)27-4/h5-11,13H,12H2,1-4H3,(H,20,23). The van der Waals surface area contributed by atoms with E-state index in [0.29, 0.717) is 17.2 Å². The molecule has 0 bridgehead atoms. The lowest BCUT2D eigenvalue weighted by Gasteiger charge is -2.24. The highest BCUT2D eigenvalue weighted by molar-refractivity contribution is 5.92. The highest BCUT2D eigenvalue weighted by atomic mass is 16.6. The summed E-state index contributed by atoms with van der Waals surface area (Å²) in [6.45, 7) is 2.00. The van der Waals surface area contributed by atoms with Crippen molar-refractivity contribution in [2.75, 3.05) is 33.1 Å². The second-order valence-electron chi connectivity index (χ2n) is 6.09. The smallest absolute Gasteiger partial charge is 0.269 e. The Morgan fingerprint density at radius 3 is 2.37 bits per heavy atom. The minimum absolute atomic E-state index is 0.0284. The predicted molar refractivity (Wildman–Crippen MR) is 102 cm³/mol. The first-order chi connectivity index (χ1) is 12.8. The van der Waals surface area contributed by atoms with Gasteiger partial charge in [-0.1, -0.05) is 12.1 Å². The maximum Gasteiger partial charge on any atom is 0.269 e. The number of amides is 1. The van der Waals surface area contributed by atoms with E-state index in [9.17, 15) is 14.9 Å². The Labute approximate surface area is 157 Å². The Bertz CT molecular complexity index is 802. The molecule has 8 heteroatoms. The van der Waals surface area contributed by atoms with Gasteiger partial charge in [-0.3, -0.25) is 19.8 Å². The van der Waals surface area contributed by atoms with E-state index in [2.05, 4.69) is 5.32 Å². The van der Waals surface area contributed by atoms with E-state index >= 15 is 0 Å². The molecule has 0 aliphatic carbocycles. The van der Waals surface area contributed by atoms with Crippen LogP contribution in [0, 0.1) is 10.1 Å². The van der Waals surface area contributed by atoms with Gasteiger partial charge >= 0.3 is 0 Å². The van der Waals surface area contributed by atoms with Crippen molar-refractivity contribution in [3.05, 3.63) is 58.1 Å². The molecule has 0 saturated carbocycles. The van der Waals surface area contributed by atoms with Gasteiger partial charge in [-0.2, -0.15) is 0 Å². The van der Waals surface area contributed by atoms with Crippen LogP contribution in [0.1, 0.15) is 18.5 Å². The molecule has 2 aromatic carbocycles. The number of ether oxygens (including phenoxy) is 2. The fourth-order valence-electron chi connectivity index (χ4n) is 2.60. The number of nitro benzene ring substituents is 1. The summed E-state index contributed by atoms with van der Waals surface area (Å²) < 4.78 is 10.4. The zero-order valence-electron chi connectivity index (χ0n) is 15.8. The minimum Gasteiger partial charge on any atom is -0.497 e. The molecular formula is C19H23N3O5. The van der Waals surface area contributed by atoms with Gasteiger partial charge in [0.25, 0.3) is 5.69 Å². The summed E-state index contributed by atoms with van der Waals surface area (Å²) >= 11 is 0. The average molecular weight is 373 g/mol. The molecule has 0 aliphatic rings. The number of non-ortho nitro benzene ring substituents is 1. The van der Waals surface area contributed by atoms with Crippen LogP contribution in [0.25, 0.3) is 0 Å². The Morgan fingerprint density at radius 2 is 1.81 bits per heavy atom. The summed E-state index contributed by atoms with van der Waals surface area (Å²) in [6, 6.07) is 11.3. The largest absolute Gasteiger partial charge is 0.497 e. The van der Waals surface area contributed by atoms with E-state index in [1.165, 1.54) is 26.4 Å². The second-order valence-corrected chi connectivity index (χ2v) is 6.09. The molecule has 0 aliphatic heterocycles. The van der Waals surface area contributed by atoms with Crippen LogP contribution in [0.4, 0.5) is 11.4 Å². The van der Waals surface area contributed by atoms with E-state index < -0.39 is 4.92 Å². The zero-order valence-corrected chi connectivity index (χ0v) is 15.8. The normalized spacial score (nSPS) is 11.7. The molecule has 0 radical (unpaired) electrons. The van der Waals surface area contributed by atoms with Crippen molar-refractivity contribution in [3.8, 4) is 11.5 Å². The minimum atomic E-state index is -0.431. The molecule has 0 saturated heterocycles. The van der Waals surface area contributed by atoms with Crippen molar-refractivity contribution in [2.45, 2.75) is 13.0 Å². The molecule has 144 valence electrons. The van der Waals surface area contributed by atoms with Crippen molar-refractivity contribution in [3.63, 3.8) is 0 Å². The number of methoxy groups -OCH3 is 2. The van der Waals surface area contributed by atoms with Crippen LogP contribution in [-0.2, 0) is 4.79 Å². The molecule has 1 atom stereocenters. The lowest BCUT2D eigenvalue weighted by atomic mass is 10.1. The molecule has 0 spiro atoms. The van der Waals surface area contributed by atoms with Crippen LogP contribution in [0.3, 0.4) is 0 Å². The van der Waals surface area contributed by atoms with Crippen molar-refractivity contribution in [1.29, 1.82) is 0 Å². The quantitative estimate of drug-likeness (QED) is 0.564. The average Bonchev–Trinajstić information content (AvgIpc) is 2.66. The number of anilines is 1. The topological polar surface area (TPSA) is 93.9 Å². The zero-order chi connectivity index (χ0) is 20.0. The predicted octanol–water partition coefficient (Wildman–Crippen LogP) is 3.24. The van der Waals surface area contributed by atoms with Gasteiger partial charge in [0.1, 0.15) is 11.5 Å². The molecule has 0 aromatic heterocycles. The monoisotopic (exact) mass is 373 g/mol. The van der Waals surface area contributed by atoms with Crippen LogP contribution < -0.4 is 14.8 Å². The van der Waals surface area contributed by atoms with Crippen LogP contribution >= 0.6 is 0 Å². The maximum atomic E-state index is 12.4. The summed E-state index contributed by atoms with van der Waals surface area (Å²) in [7, 11) is 4.86. The molecule has 1 amide bonds. The summed E-state index contributed by atoms with van der Waals surface area (Å²) in [5, 5.41) is 13.7. The molecule has 2 rings (SSSR count). The fourth-order valence-corrected chi connectivity index (χ4v) is 2.60. The lowest BCUT2D eigenvalue weighted by molar-refractivity contribution is -0.384. The highest BCUT2D eigenvalue weighted by Crippen LogP contribution is 2.26. The fraction of sp³-hybridized carbons (Fsp3) is 0.316. The van der Waals surface area contributed by atoms with Gasteiger partial charge in [-0.15, -0.1) is 0 Å². The van der Waals surface area contributed by atoms with E-state index in [1.54, 1.807) is 37.4 Å². The van der Waals surface area contributed by atoms with E-state index in [0.717, 1.165) is 5.56 Å². The van der Waals surface area contributed by atoms with Crippen molar-refractivity contribution in [1.82, 2.24) is 4.90 Å². The number of nitrogens with zero attached hydrogens (tertiary/aromatic N) is 2. The van der Waals surface area contributed by atoms with Crippen molar-refractivity contribution >= 4 is 17.3 Å². The molecule has 2 aromatic rings. The Hall–Kier alpha value is -3.13. The van der Waals surface area contributed by atoms with E-state index in [1.807, 2.05) is 11.8 Å². The number of hydrogen-bond acceptors (Lipinski definition) is 6. The first kappa shape index (κ1) is 20.2. The van der Waals surface area contributed by atoms with Gasteiger partial charge in [0.2, 0.25) is 5.91 Å². The number of carbonyl (C=O) groups excluding carboxylic acids is 1. The van der Waals surface area contributed by atoms with Crippen LogP contribution in [0.2, 0.25) is 0 Å². The second kappa shape index (κ2) is 9.00. The molecular weight excluding hydrogens is 350 g/mol. The molecule has 1 unspecified atom stereocenters. The molecule has 27 heavy (non-hydrogen) atoms. The number of hydrogen-bond donors (Lipinski definition) is 1. The number of likely N-dealkylation sites (N-methyl/N-ethyl adjacent to an activating group) is 1. The van der Waals surface area contributed by atoms with Gasteiger partial charge in [-0.05, 0) is 19.5 Å². The molecule has 1 N–H and O–H groups in total. The van der Waals surface area contributed by atoms with Crippen LogP contribution in [0.15, 0.2) is 42.5 Å². The number of rotatable bonds is 8. The van der Waals surface area contributed by atoms with Crippen LogP contribution in [-0.4, -0.2) is 43.5 Å².